The summed E-state index contributed by atoms with van der Waals surface area (Å²) in [5.74, 6) is -0.562. The Hall–Kier alpha value is -3.07. The first-order valence-corrected chi connectivity index (χ1v) is 8.58. The van der Waals surface area contributed by atoms with Crippen molar-refractivity contribution < 1.29 is 13.9 Å². The van der Waals surface area contributed by atoms with Crippen LogP contribution >= 0.6 is 0 Å². The molecular weight excluding hydrogens is 353 g/mol. The second-order valence-corrected chi connectivity index (χ2v) is 5.90. The SMILES string of the molecule is CCOCC(=O)NCCn1ncc2c(=O)n(Cc3cccc(F)c3)cnc21. The van der Waals surface area contributed by atoms with E-state index in [4.69, 9.17) is 4.74 Å². The van der Waals surface area contributed by atoms with Crippen LogP contribution in [0.5, 0.6) is 0 Å². The van der Waals surface area contributed by atoms with E-state index in [0.717, 1.165) is 0 Å². The molecule has 3 rings (SSSR count). The molecule has 1 N–H and O–H groups in total. The van der Waals surface area contributed by atoms with Crippen molar-refractivity contribution in [3.63, 3.8) is 0 Å². The van der Waals surface area contributed by atoms with Gasteiger partial charge in [-0.05, 0) is 24.6 Å². The highest BCUT2D eigenvalue weighted by Gasteiger charge is 2.11. The molecule has 1 aromatic carbocycles. The van der Waals surface area contributed by atoms with E-state index in [2.05, 4.69) is 15.4 Å². The minimum Gasteiger partial charge on any atom is -0.372 e. The topological polar surface area (TPSA) is 91.0 Å². The standard InChI is InChI=1S/C18H20FN5O3/c1-2-27-11-16(25)20-6-7-24-17-15(9-22-24)18(26)23(12-21-17)10-13-4-3-5-14(19)8-13/h3-5,8-9,12H,2,6-7,10-11H2,1H3,(H,20,25). The third-order valence-corrected chi connectivity index (χ3v) is 3.95. The number of hydrogen-bond acceptors (Lipinski definition) is 5. The van der Waals surface area contributed by atoms with Gasteiger partial charge in [0.25, 0.3) is 5.56 Å². The molecule has 0 aliphatic heterocycles. The Morgan fingerprint density at radius 3 is 3.00 bits per heavy atom. The Kier molecular flexibility index (Phi) is 5.92. The molecule has 0 radical (unpaired) electrons. The number of fused-ring (bicyclic) bond motifs is 1. The maximum absolute atomic E-state index is 13.3. The number of ether oxygens (including phenoxy) is 1. The van der Waals surface area contributed by atoms with E-state index in [9.17, 15) is 14.0 Å². The minimum absolute atomic E-state index is 0.0133. The van der Waals surface area contributed by atoms with Crippen LogP contribution in [0.2, 0.25) is 0 Å². The van der Waals surface area contributed by atoms with Gasteiger partial charge in [0.2, 0.25) is 5.91 Å². The Balaban J connectivity index is 1.71. The van der Waals surface area contributed by atoms with Gasteiger partial charge in [-0.2, -0.15) is 5.10 Å². The maximum atomic E-state index is 13.3. The number of nitrogens with zero attached hydrogens (tertiary/aromatic N) is 4. The Morgan fingerprint density at radius 1 is 1.37 bits per heavy atom. The van der Waals surface area contributed by atoms with Crippen LogP contribution in [0.3, 0.4) is 0 Å². The van der Waals surface area contributed by atoms with Gasteiger partial charge in [-0.3, -0.25) is 14.2 Å². The number of rotatable bonds is 8. The molecule has 0 fully saturated rings. The normalized spacial score (nSPS) is 11.0. The van der Waals surface area contributed by atoms with Gasteiger partial charge in [0.1, 0.15) is 24.1 Å². The predicted octanol–water partition coefficient (Wildman–Crippen LogP) is 0.933. The van der Waals surface area contributed by atoms with Gasteiger partial charge in [0.15, 0.2) is 5.65 Å². The molecule has 0 unspecified atom stereocenters. The lowest BCUT2D eigenvalue weighted by molar-refractivity contribution is -0.125. The largest absolute Gasteiger partial charge is 0.372 e. The zero-order chi connectivity index (χ0) is 19.2. The molecule has 9 heteroatoms. The summed E-state index contributed by atoms with van der Waals surface area (Å²) in [5.41, 5.74) is 0.855. The van der Waals surface area contributed by atoms with Crippen LogP contribution < -0.4 is 10.9 Å². The molecule has 0 bridgehead atoms. The average Bonchev–Trinajstić information content (AvgIpc) is 3.06. The van der Waals surface area contributed by atoms with Crippen molar-refractivity contribution in [3.05, 3.63) is 58.5 Å². The number of carbonyl (C=O) groups is 1. The van der Waals surface area contributed by atoms with E-state index in [1.54, 1.807) is 16.8 Å². The van der Waals surface area contributed by atoms with Gasteiger partial charge in [-0.15, -0.1) is 0 Å². The molecule has 2 heterocycles. The summed E-state index contributed by atoms with van der Waals surface area (Å²) in [4.78, 5) is 28.5. The highest BCUT2D eigenvalue weighted by atomic mass is 19.1. The quantitative estimate of drug-likeness (QED) is 0.634. The van der Waals surface area contributed by atoms with Crippen molar-refractivity contribution in [2.75, 3.05) is 19.8 Å². The highest BCUT2D eigenvalue weighted by Crippen LogP contribution is 2.08. The van der Waals surface area contributed by atoms with Crippen LogP contribution in [-0.4, -0.2) is 45.0 Å². The van der Waals surface area contributed by atoms with Crippen LogP contribution in [-0.2, 0) is 22.6 Å². The van der Waals surface area contributed by atoms with Crippen LogP contribution in [0.15, 0.2) is 41.6 Å². The van der Waals surface area contributed by atoms with Crippen LogP contribution in [0.25, 0.3) is 11.0 Å². The summed E-state index contributed by atoms with van der Waals surface area (Å²) in [7, 11) is 0. The number of halogens is 1. The van der Waals surface area contributed by atoms with E-state index in [0.29, 0.717) is 36.3 Å². The zero-order valence-electron chi connectivity index (χ0n) is 14.9. The summed E-state index contributed by atoms with van der Waals surface area (Å²) in [5, 5.41) is 7.26. The molecule has 8 nitrogen and oxygen atoms in total. The smallest absolute Gasteiger partial charge is 0.264 e. The van der Waals surface area contributed by atoms with Crippen molar-refractivity contribution in [2.45, 2.75) is 20.0 Å². The number of carbonyl (C=O) groups excluding carboxylic acids is 1. The molecule has 0 saturated carbocycles. The molecular formula is C18H20FN5O3. The molecule has 0 spiro atoms. The van der Waals surface area contributed by atoms with E-state index < -0.39 is 0 Å². The predicted molar refractivity (Wildman–Crippen MR) is 96.8 cm³/mol. The van der Waals surface area contributed by atoms with Crippen LogP contribution in [0.4, 0.5) is 4.39 Å². The average molecular weight is 373 g/mol. The summed E-state index contributed by atoms with van der Waals surface area (Å²) in [6.45, 7) is 3.25. The van der Waals surface area contributed by atoms with Gasteiger partial charge in [0.05, 0.1) is 19.3 Å². The van der Waals surface area contributed by atoms with Gasteiger partial charge in [-0.25, -0.2) is 14.1 Å². The highest BCUT2D eigenvalue weighted by molar-refractivity contribution is 5.77. The molecule has 142 valence electrons. The lowest BCUT2D eigenvalue weighted by Crippen LogP contribution is -2.31. The number of amides is 1. The second kappa shape index (κ2) is 8.54. The maximum Gasteiger partial charge on any atom is 0.264 e. The van der Waals surface area contributed by atoms with Crippen LogP contribution in [0, 0.1) is 5.82 Å². The summed E-state index contributed by atoms with van der Waals surface area (Å²) >= 11 is 0. The number of nitrogens with one attached hydrogen (secondary N) is 1. The van der Waals surface area contributed by atoms with Gasteiger partial charge in [-0.1, -0.05) is 12.1 Å². The minimum atomic E-state index is -0.353. The van der Waals surface area contributed by atoms with Crippen molar-refractivity contribution in [3.8, 4) is 0 Å². The van der Waals surface area contributed by atoms with Crippen molar-refractivity contribution in [1.29, 1.82) is 0 Å². The number of hydrogen-bond donors (Lipinski definition) is 1. The molecule has 0 atom stereocenters. The molecule has 0 saturated heterocycles. The molecule has 2 aromatic heterocycles. The number of benzene rings is 1. The zero-order valence-corrected chi connectivity index (χ0v) is 14.9. The first-order valence-electron chi connectivity index (χ1n) is 8.58. The molecule has 0 aliphatic rings. The van der Waals surface area contributed by atoms with Crippen molar-refractivity contribution in [2.24, 2.45) is 0 Å². The lowest BCUT2D eigenvalue weighted by atomic mass is 10.2. The van der Waals surface area contributed by atoms with Crippen LogP contribution in [0.1, 0.15) is 12.5 Å². The van der Waals surface area contributed by atoms with E-state index in [1.807, 2.05) is 6.92 Å². The third-order valence-electron chi connectivity index (χ3n) is 3.95. The third kappa shape index (κ3) is 4.56. The first kappa shape index (κ1) is 18.7. The fourth-order valence-electron chi connectivity index (χ4n) is 2.65. The Labute approximate surface area is 154 Å². The first-order chi connectivity index (χ1) is 13.1. The van der Waals surface area contributed by atoms with Gasteiger partial charge in [0, 0.05) is 13.2 Å². The van der Waals surface area contributed by atoms with E-state index >= 15 is 0 Å². The fourth-order valence-corrected chi connectivity index (χ4v) is 2.65. The van der Waals surface area contributed by atoms with Gasteiger partial charge < -0.3 is 10.1 Å². The summed E-state index contributed by atoms with van der Waals surface area (Å²) < 4.78 is 21.3. The second-order valence-electron chi connectivity index (χ2n) is 5.90. The lowest BCUT2D eigenvalue weighted by Gasteiger charge is -2.07. The molecule has 3 aromatic rings. The Morgan fingerprint density at radius 2 is 2.22 bits per heavy atom. The monoisotopic (exact) mass is 373 g/mol. The molecule has 0 aliphatic carbocycles. The number of aromatic nitrogens is 4. The summed E-state index contributed by atoms with van der Waals surface area (Å²) in [6.07, 6.45) is 2.87. The van der Waals surface area contributed by atoms with Crippen molar-refractivity contribution >= 4 is 16.9 Å². The van der Waals surface area contributed by atoms with Gasteiger partial charge >= 0.3 is 0 Å². The fraction of sp³-hybridized carbons (Fsp3) is 0.333. The van der Waals surface area contributed by atoms with Crippen molar-refractivity contribution in [1.82, 2.24) is 24.6 Å². The van der Waals surface area contributed by atoms with E-state index in [1.165, 1.54) is 29.2 Å². The molecule has 1 amide bonds. The Bertz CT molecular complexity index is 998. The van der Waals surface area contributed by atoms with E-state index in [-0.39, 0.29) is 30.4 Å². The molecule has 27 heavy (non-hydrogen) atoms. The summed E-state index contributed by atoms with van der Waals surface area (Å²) in [6, 6.07) is 6.07.